The second-order valence-corrected chi connectivity index (χ2v) is 5.43. The minimum atomic E-state index is -0.827. The monoisotopic (exact) mass is 251 g/mol. The van der Waals surface area contributed by atoms with E-state index in [2.05, 4.69) is 6.92 Å². The number of carboxylic acid groups (broad SMARTS) is 1. The molecule has 0 radical (unpaired) electrons. The Morgan fingerprint density at radius 2 is 1.78 bits per heavy atom. The highest BCUT2D eigenvalue weighted by atomic mass is 16.4. The van der Waals surface area contributed by atoms with Gasteiger partial charge in [-0.25, -0.2) is 4.79 Å². The van der Waals surface area contributed by atoms with Crippen molar-refractivity contribution in [1.82, 2.24) is 0 Å². The molecule has 1 aromatic carbocycles. The maximum absolute atomic E-state index is 10.8. The molecule has 0 aliphatic heterocycles. The summed E-state index contributed by atoms with van der Waals surface area (Å²) in [6.45, 7) is 8.00. The van der Waals surface area contributed by atoms with E-state index in [9.17, 15) is 4.79 Å². The van der Waals surface area contributed by atoms with Gasteiger partial charge in [0.05, 0.1) is 5.56 Å². The third-order valence-corrected chi connectivity index (χ3v) is 2.05. The lowest BCUT2D eigenvalue weighted by atomic mass is 10.0. The smallest absolute Gasteiger partial charge is 0.335 e. The highest BCUT2D eigenvalue weighted by Gasteiger charge is 2.07. The Bertz CT molecular complexity index is 361. The van der Waals surface area contributed by atoms with Crippen molar-refractivity contribution >= 4 is 5.97 Å². The summed E-state index contributed by atoms with van der Waals surface area (Å²) in [6, 6.07) is 7.20. The average Bonchev–Trinajstić information content (AvgIpc) is 2.24. The van der Waals surface area contributed by atoms with E-state index < -0.39 is 5.97 Å². The number of nitrogens with two attached hydrogens (primary N) is 1. The van der Waals surface area contributed by atoms with Gasteiger partial charge < -0.3 is 10.8 Å². The molecule has 0 saturated carbocycles. The summed E-state index contributed by atoms with van der Waals surface area (Å²) in [5, 5.41) is 8.86. The fourth-order valence-electron chi connectivity index (χ4n) is 1.31. The van der Waals surface area contributed by atoms with E-state index in [-0.39, 0.29) is 5.54 Å². The number of hydrogen-bond donors (Lipinski definition) is 2. The van der Waals surface area contributed by atoms with Crippen molar-refractivity contribution in [3.05, 3.63) is 35.4 Å². The van der Waals surface area contributed by atoms with E-state index in [1.165, 1.54) is 0 Å². The van der Waals surface area contributed by atoms with Gasteiger partial charge in [-0.3, -0.25) is 0 Å². The van der Waals surface area contributed by atoms with Crippen molar-refractivity contribution in [1.29, 1.82) is 0 Å². The predicted octanol–water partition coefficient (Wildman–Crippen LogP) is 3.47. The van der Waals surface area contributed by atoms with Gasteiger partial charge in [-0.2, -0.15) is 0 Å². The van der Waals surface area contributed by atoms with Crippen molar-refractivity contribution < 1.29 is 9.90 Å². The van der Waals surface area contributed by atoms with Gasteiger partial charge in [-0.15, -0.1) is 0 Å². The molecule has 0 bridgehead atoms. The summed E-state index contributed by atoms with van der Waals surface area (Å²) in [4.78, 5) is 10.8. The van der Waals surface area contributed by atoms with Crippen LogP contribution in [-0.2, 0) is 6.42 Å². The third-order valence-electron chi connectivity index (χ3n) is 2.05. The summed E-state index contributed by atoms with van der Waals surface area (Å²) in [7, 11) is 0. The number of aromatic carboxylic acids is 1. The van der Waals surface area contributed by atoms with Crippen LogP contribution in [-0.4, -0.2) is 16.6 Å². The average molecular weight is 251 g/mol. The molecule has 3 N–H and O–H groups in total. The van der Waals surface area contributed by atoms with E-state index in [0.29, 0.717) is 5.56 Å². The zero-order valence-electron chi connectivity index (χ0n) is 11.9. The van der Waals surface area contributed by atoms with Crippen molar-refractivity contribution in [3.63, 3.8) is 0 Å². The van der Waals surface area contributed by atoms with Gasteiger partial charge in [0, 0.05) is 5.54 Å². The molecule has 1 rings (SSSR count). The van der Waals surface area contributed by atoms with Crippen molar-refractivity contribution in [2.45, 2.75) is 52.5 Å². The SMILES string of the molecule is CC(C)(C)N.CCCCc1ccccc1C(=O)O. The summed E-state index contributed by atoms with van der Waals surface area (Å²) < 4.78 is 0. The highest BCUT2D eigenvalue weighted by molar-refractivity contribution is 5.89. The molecule has 0 heterocycles. The van der Waals surface area contributed by atoms with E-state index in [1.807, 2.05) is 32.9 Å². The van der Waals surface area contributed by atoms with Gasteiger partial charge in [-0.1, -0.05) is 31.5 Å². The Morgan fingerprint density at radius 3 is 2.22 bits per heavy atom. The normalized spacial score (nSPS) is 10.5. The summed E-state index contributed by atoms with van der Waals surface area (Å²) >= 11 is 0. The van der Waals surface area contributed by atoms with Gasteiger partial charge in [0.1, 0.15) is 0 Å². The summed E-state index contributed by atoms with van der Waals surface area (Å²) in [5.41, 5.74) is 6.74. The van der Waals surface area contributed by atoms with E-state index in [4.69, 9.17) is 10.8 Å². The molecule has 0 amide bonds. The lowest BCUT2D eigenvalue weighted by Crippen LogP contribution is -2.26. The molecule has 0 fully saturated rings. The molecule has 0 aromatic heterocycles. The van der Waals surface area contributed by atoms with Crippen molar-refractivity contribution in [3.8, 4) is 0 Å². The van der Waals surface area contributed by atoms with Crippen LogP contribution in [0.5, 0.6) is 0 Å². The van der Waals surface area contributed by atoms with Crippen molar-refractivity contribution in [2.75, 3.05) is 0 Å². The Hall–Kier alpha value is -1.35. The zero-order chi connectivity index (χ0) is 14.2. The first-order chi connectivity index (χ1) is 8.25. The molecule has 0 aliphatic rings. The molecular weight excluding hydrogens is 226 g/mol. The standard InChI is InChI=1S/C11H14O2.C4H11N/c1-2-3-6-9-7-4-5-8-10(9)11(12)13;1-4(2,3)5/h4-5,7-8H,2-3,6H2,1H3,(H,12,13);5H2,1-3H3. The van der Waals surface area contributed by atoms with Crippen molar-refractivity contribution in [2.24, 2.45) is 5.73 Å². The fourth-order valence-corrected chi connectivity index (χ4v) is 1.31. The number of carboxylic acids is 1. The minimum absolute atomic E-state index is 0. The fraction of sp³-hybridized carbons (Fsp3) is 0.533. The molecule has 3 heteroatoms. The first kappa shape index (κ1) is 16.6. The first-order valence-electron chi connectivity index (χ1n) is 6.35. The third kappa shape index (κ3) is 8.76. The number of carbonyl (C=O) groups is 1. The van der Waals surface area contributed by atoms with Gasteiger partial charge in [0.15, 0.2) is 0 Å². The Morgan fingerprint density at radius 1 is 1.28 bits per heavy atom. The number of rotatable bonds is 4. The Kier molecular flexibility index (Phi) is 7.29. The minimum Gasteiger partial charge on any atom is -0.478 e. The largest absolute Gasteiger partial charge is 0.478 e. The predicted molar refractivity (Wildman–Crippen MR) is 76.0 cm³/mol. The van der Waals surface area contributed by atoms with E-state index in [1.54, 1.807) is 12.1 Å². The molecule has 102 valence electrons. The maximum Gasteiger partial charge on any atom is 0.335 e. The molecule has 18 heavy (non-hydrogen) atoms. The lowest BCUT2D eigenvalue weighted by Gasteiger charge is -2.06. The van der Waals surface area contributed by atoms with Crippen LogP contribution in [0.1, 0.15) is 56.5 Å². The van der Waals surface area contributed by atoms with Crippen LogP contribution in [0.2, 0.25) is 0 Å². The lowest BCUT2D eigenvalue weighted by molar-refractivity contribution is 0.0695. The van der Waals surface area contributed by atoms with Crippen LogP contribution < -0.4 is 5.73 Å². The molecule has 3 nitrogen and oxygen atoms in total. The second-order valence-electron chi connectivity index (χ2n) is 5.43. The number of aryl methyl sites for hydroxylation is 1. The number of unbranched alkanes of at least 4 members (excludes halogenated alkanes) is 1. The van der Waals surface area contributed by atoms with Gasteiger partial charge >= 0.3 is 5.97 Å². The van der Waals surface area contributed by atoms with E-state index in [0.717, 1.165) is 24.8 Å². The second kappa shape index (κ2) is 7.88. The van der Waals surface area contributed by atoms with Crippen LogP contribution in [0, 0.1) is 0 Å². The Balaban J connectivity index is 0.000000494. The van der Waals surface area contributed by atoms with Gasteiger partial charge in [0.2, 0.25) is 0 Å². The molecule has 0 aliphatic carbocycles. The highest BCUT2D eigenvalue weighted by Crippen LogP contribution is 2.11. The van der Waals surface area contributed by atoms with Crippen LogP contribution in [0.4, 0.5) is 0 Å². The topological polar surface area (TPSA) is 63.3 Å². The quantitative estimate of drug-likeness (QED) is 0.861. The first-order valence-corrected chi connectivity index (χ1v) is 6.35. The number of benzene rings is 1. The summed E-state index contributed by atoms with van der Waals surface area (Å²) in [6.07, 6.45) is 3.00. The van der Waals surface area contributed by atoms with Gasteiger partial charge in [0.25, 0.3) is 0 Å². The molecule has 0 atom stereocenters. The zero-order valence-corrected chi connectivity index (χ0v) is 11.9. The van der Waals surface area contributed by atoms with Crippen LogP contribution >= 0.6 is 0 Å². The van der Waals surface area contributed by atoms with E-state index >= 15 is 0 Å². The maximum atomic E-state index is 10.8. The molecule has 0 saturated heterocycles. The molecular formula is C15H25NO2. The van der Waals surface area contributed by atoms with Crippen LogP contribution in [0.15, 0.2) is 24.3 Å². The molecule has 0 unspecified atom stereocenters. The molecule has 1 aromatic rings. The number of hydrogen-bond acceptors (Lipinski definition) is 2. The molecule has 0 spiro atoms. The van der Waals surface area contributed by atoms with Gasteiger partial charge in [-0.05, 0) is 45.2 Å². The van der Waals surface area contributed by atoms with Crippen LogP contribution in [0.25, 0.3) is 0 Å². The Labute approximate surface area is 110 Å². The van der Waals surface area contributed by atoms with Crippen LogP contribution in [0.3, 0.4) is 0 Å². The summed E-state index contributed by atoms with van der Waals surface area (Å²) in [5.74, 6) is -0.827.